The number of allylic oxidation sites excluding steroid dienone is 12. The van der Waals surface area contributed by atoms with Crippen LogP contribution in [0.4, 0.5) is 11.4 Å². The van der Waals surface area contributed by atoms with Crippen molar-refractivity contribution in [1.82, 2.24) is 5.32 Å². The number of fused-ring (bicyclic) bond motifs is 2. The van der Waals surface area contributed by atoms with E-state index in [1.165, 1.54) is 50.1 Å². The van der Waals surface area contributed by atoms with Gasteiger partial charge in [-0.2, -0.15) is 0 Å². The van der Waals surface area contributed by atoms with Crippen LogP contribution in [0.5, 0.6) is 0 Å². The molecule has 4 N–H and O–H groups in total. The van der Waals surface area contributed by atoms with Crippen LogP contribution in [0.25, 0.3) is 0 Å². The van der Waals surface area contributed by atoms with Crippen LogP contribution in [-0.2, 0) is 5.41 Å². The van der Waals surface area contributed by atoms with Crippen molar-refractivity contribution in [3.05, 3.63) is 196 Å². The first kappa shape index (κ1) is 36.6. The fourth-order valence-corrected chi connectivity index (χ4v) is 6.84. The number of anilines is 2. The summed E-state index contributed by atoms with van der Waals surface area (Å²) >= 11 is 0. The minimum atomic E-state index is -0.371. The molecule has 0 aliphatic heterocycles. The smallest absolute Gasteiger partial charge is 0.0716 e. The van der Waals surface area contributed by atoms with Crippen LogP contribution < -0.4 is 16.4 Å². The molecule has 49 heavy (non-hydrogen) atoms. The average molecular weight is 648 g/mol. The van der Waals surface area contributed by atoms with Crippen molar-refractivity contribution in [2.75, 3.05) is 24.6 Å². The number of hydrogen-bond acceptors (Lipinski definition) is 3. The fraction of sp³-hybridized carbons (Fsp3) is 0.239. The lowest BCUT2D eigenvalue weighted by molar-refractivity contribution is 0.688. The number of hydrogen-bond donors (Lipinski definition) is 3. The van der Waals surface area contributed by atoms with Crippen molar-refractivity contribution in [2.45, 2.75) is 58.8 Å². The molecule has 0 amide bonds. The Morgan fingerprint density at radius 3 is 2.10 bits per heavy atom. The Morgan fingerprint density at radius 1 is 0.857 bits per heavy atom. The van der Waals surface area contributed by atoms with Gasteiger partial charge >= 0.3 is 0 Å². The van der Waals surface area contributed by atoms with Crippen molar-refractivity contribution in [1.29, 1.82) is 0 Å². The van der Waals surface area contributed by atoms with Gasteiger partial charge in [0.05, 0.1) is 16.8 Å². The Bertz CT molecular complexity index is 1780. The number of rotatable bonds is 9. The third kappa shape index (κ3) is 8.08. The Balaban J connectivity index is 0.000000356. The molecule has 0 heterocycles. The minimum Gasteiger partial charge on any atom is -0.397 e. The fourth-order valence-electron chi connectivity index (χ4n) is 6.84. The molecule has 0 unspecified atom stereocenters. The van der Waals surface area contributed by atoms with E-state index in [1.54, 1.807) is 0 Å². The number of nitrogens with two attached hydrogens (primary N) is 1. The number of benzene rings is 3. The molecule has 3 aromatic rings. The van der Waals surface area contributed by atoms with E-state index in [0.29, 0.717) is 0 Å². The molecule has 0 atom stereocenters. The summed E-state index contributed by atoms with van der Waals surface area (Å²) in [7, 11) is 1.85. The molecule has 0 radical (unpaired) electrons. The van der Waals surface area contributed by atoms with Gasteiger partial charge in [0.15, 0.2) is 0 Å². The lowest BCUT2D eigenvalue weighted by Crippen LogP contribution is -2.36. The van der Waals surface area contributed by atoms with Gasteiger partial charge in [0.25, 0.3) is 0 Å². The summed E-state index contributed by atoms with van der Waals surface area (Å²) in [5.41, 5.74) is 22.5. The highest BCUT2D eigenvalue weighted by Gasteiger charge is 2.47. The monoisotopic (exact) mass is 647 g/mol. The third-order valence-electron chi connectivity index (χ3n) is 9.04. The summed E-state index contributed by atoms with van der Waals surface area (Å²) in [5, 5.41) is 6.41. The van der Waals surface area contributed by atoms with Crippen molar-refractivity contribution < 1.29 is 0 Å². The van der Waals surface area contributed by atoms with E-state index >= 15 is 0 Å². The van der Waals surface area contributed by atoms with E-state index in [2.05, 4.69) is 132 Å². The Morgan fingerprint density at radius 2 is 1.51 bits per heavy atom. The average Bonchev–Trinajstić information content (AvgIpc) is 3.89. The van der Waals surface area contributed by atoms with E-state index in [1.807, 2.05) is 59.0 Å². The maximum atomic E-state index is 5.57. The van der Waals surface area contributed by atoms with Crippen LogP contribution in [-0.4, -0.2) is 13.6 Å². The Labute approximate surface area is 295 Å². The van der Waals surface area contributed by atoms with Gasteiger partial charge in [-0.3, -0.25) is 0 Å². The van der Waals surface area contributed by atoms with Crippen LogP contribution in [0.2, 0.25) is 0 Å². The lowest BCUT2D eigenvalue weighted by Gasteiger charge is -2.44. The molecule has 0 aromatic heterocycles. The topological polar surface area (TPSA) is 50.1 Å². The summed E-state index contributed by atoms with van der Waals surface area (Å²) < 4.78 is 0. The van der Waals surface area contributed by atoms with Gasteiger partial charge in [0, 0.05) is 13.6 Å². The first-order valence-electron chi connectivity index (χ1n) is 17.8. The second-order valence-electron chi connectivity index (χ2n) is 11.7. The molecule has 4 aliphatic rings. The number of nitrogen functional groups attached to an aromatic ring is 1. The van der Waals surface area contributed by atoms with Crippen LogP contribution in [0, 0.1) is 0 Å². The summed E-state index contributed by atoms with van der Waals surface area (Å²) in [6.07, 6.45) is 21.7. The van der Waals surface area contributed by atoms with Gasteiger partial charge in [-0.05, 0) is 106 Å². The van der Waals surface area contributed by atoms with Crippen molar-refractivity contribution >= 4 is 11.4 Å². The Kier molecular flexibility index (Phi) is 13.7. The van der Waals surface area contributed by atoms with E-state index in [4.69, 9.17) is 5.73 Å². The second-order valence-corrected chi connectivity index (χ2v) is 11.7. The number of para-hydroxylation sites is 2. The third-order valence-corrected chi connectivity index (χ3v) is 9.04. The molecule has 0 spiro atoms. The first-order chi connectivity index (χ1) is 24.1. The summed E-state index contributed by atoms with van der Waals surface area (Å²) in [5.74, 6) is 0. The van der Waals surface area contributed by atoms with Crippen LogP contribution in [0.3, 0.4) is 0 Å². The molecule has 3 aromatic carbocycles. The summed E-state index contributed by atoms with van der Waals surface area (Å²) in [6, 6.07) is 29.6. The molecule has 7 rings (SSSR count). The molecule has 2 bridgehead atoms. The molecule has 0 fully saturated rings. The maximum Gasteiger partial charge on any atom is 0.0716 e. The number of nitrogens with one attached hydrogen (secondary N) is 2. The second kappa shape index (κ2) is 18.3. The Hall–Kier alpha value is -5.24. The molecule has 4 aliphatic carbocycles. The molecule has 0 saturated heterocycles. The molecule has 3 heteroatoms. The van der Waals surface area contributed by atoms with E-state index in [0.717, 1.165) is 43.6 Å². The largest absolute Gasteiger partial charge is 0.397 e. The van der Waals surface area contributed by atoms with Gasteiger partial charge in [-0.25, -0.2) is 0 Å². The minimum absolute atomic E-state index is 0.371. The highest BCUT2D eigenvalue weighted by atomic mass is 14.8. The lowest BCUT2D eigenvalue weighted by atomic mass is 9.57. The van der Waals surface area contributed by atoms with Crippen molar-refractivity contribution in [3.8, 4) is 0 Å². The van der Waals surface area contributed by atoms with E-state index < -0.39 is 0 Å². The van der Waals surface area contributed by atoms with Crippen molar-refractivity contribution in [3.63, 3.8) is 0 Å². The van der Waals surface area contributed by atoms with Gasteiger partial charge in [0.2, 0.25) is 0 Å². The van der Waals surface area contributed by atoms with E-state index in [-0.39, 0.29) is 5.41 Å². The van der Waals surface area contributed by atoms with Crippen LogP contribution in [0.15, 0.2) is 185 Å². The molecular formula is C46H53N3. The zero-order valence-electron chi connectivity index (χ0n) is 30.0. The van der Waals surface area contributed by atoms with Gasteiger partial charge in [-0.1, -0.05) is 137 Å². The highest BCUT2D eigenvalue weighted by molar-refractivity contribution is 5.75. The quantitative estimate of drug-likeness (QED) is 0.160. The summed E-state index contributed by atoms with van der Waals surface area (Å²) in [4.78, 5) is 0. The normalized spacial score (nSPS) is 15.9. The van der Waals surface area contributed by atoms with E-state index in [9.17, 15) is 0 Å². The maximum absolute atomic E-state index is 5.57. The SMILES string of the molecule is C=C(C/C=C\NCC1=CC=CC1)C1=C2C=C(CC1)C1=C(C=C=C1)C2(c1ccccc1)c1ccccc1.CC.CC.CNc1ccccc1N. The molecule has 3 nitrogen and oxygen atoms in total. The molecule has 0 saturated carbocycles. The predicted octanol–water partition coefficient (Wildman–Crippen LogP) is 11.3. The first-order valence-corrected chi connectivity index (χ1v) is 17.8. The predicted molar refractivity (Wildman–Crippen MR) is 214 cm³/mol. The van der Waals surface area contributed by atoms with Gasteiger partial charge in [-0.15, -0.1) is 5.73 Å². The highest BCUT2D eigenvalue weighted by Crippen LogP contribution is 2.56. The van der Waals surface area contributed by atoms with Gasteiger partial charge < -0.3 is 16.4 Å². The zero-order chi connectivity index (χ0) is 35.1. The zero-order valence-corrected chi connectivity index (χ0v) is 30.0. The van der Waals surface area contributed by atoms with Crippen molar-refractivity contribution in [2.24, 2.45) is 0 Å². The van der Waals surface area contributed by atoms with Crippen LogP contribution >= 0.6 is 0 Å². The molecular weight excluding hydrogens is 595 g/mol. The van der Waals surface area contributed by atoms with Gasteiger partial charge in [0.1, 0.15) is 0 Å². The van der Waals surface area contributed by atoms with Crippen LogP contribution in [0.1, 0.15) is 64.5 Å². The summed E-state index contributed by atoms with van der Waals surface area (Å²) in [6.45, 7) is 13.5. The standard InChI is InChI=1S/C35H31N.C7H10N2.2C2H6/c1-26(12-11-23-36-25-27-13-8-9-14-27)31-22-21-28-24-34(31)35(29-15-4-2-5-16-29,30-17-6-3-7-18-30)33-20-10-19-32(28)33;1-9-7-5-3-2-4-6(7)8;2*1-2/h2-9,11,13,15-20,23-24,36H,1,12,14,21-22,25H2;2-5,9H,8H2,1H3;2*1-2H3/b23-11-;;;. The molecule has 252 valence electrons.